The van der Waals surface area contributed by atoms with Crippen molar-refractivity contribution in [3.63, 3.8) is 0 Å². The maximum absolute atomic E-state index is 13.1. The molecule has 8 nitrogen and oxygen atoms in total. The van der Waals surface area contributed by atoms with Gasteiger partial charge in [0.15, 0.2) is 0 Å². The Morgan fingerprint density at radius 3 is 2.08 bits per heavy atom. The summed E-state index contributed by atoms with van der Waals surface area (Å²) in [5, 5.41) is 3.05. The Hall–Kier alpha value is -3.86. The van der Waals surface area contributed by atoms with E-state index in [0.717, 1.165) is 5.56 Å². The Morgan fingerprint density at radius 1 is 0.684 bits per heavy atom. The first-order valence-electron chi connectivity index (χ1n) is 11.3. The van der Waals surface area contributed by atoms with Gasteiger partial charge in [-0.05, 0) is 85.6 Å². The van der Waals surface area contributed by atoms with Crippen LogP contribution in [0.4, 0.5) is 17.1 Å². The molecule has 0 aliphatic rings. The van der Waals surface area contributed by atoms with Crippen molar-refractivity contribution in [1.82, 2.24) is 0 Å². The van der Waals surface area contributed by atoms with Crippen molar-refractivity contribution in [3.8, 4) is 0 Å². The van der Waals surface area contributed by atoms with E-state index in [2.05, 4.69) is 14.8 Å². The zero-order chi connectivity index (χ0) is 27.5. The van der Waals surface area contributed by atoms with Crippen LogP contribution in [0.3, 0.4) is 0 Å². The molecule has 0 atom stereocenters. The number of hydrogen-bond acceptors (Lipinski definition) is 5. The van der Waals surface area contributed by atoms with Crippen molar-refractivity contribution in [2.24, 2.45) is 0 Å². The van der Waals surface area contributed by atoms with Crippen molar-refractivity contribution in [2.45, 2.75) is 23.6 Å². The lowest BCUT2D eigenvalue weighted by molar-refractivity contribution is 0.102. The van der Waals surface area contributed by atoms with Crippen LogP contribution < -0.4 is 14.8 Å². The summed E-state index contributed by atoms with van der Waals surface area (Å²) >= 11 is 5.91. The van der Waals surface area contributed by atoms with E-state index < -0.39 is 26.0 Å². The van der Waals surface area contributed by atoms with Gasteiger partial charge in [0.25, 0.3) is 26.0 Å². The number of carbonyl (C=O) groups is 1. The number of nitrogens with one attached hydrogen (secondary N) is 3. The standard InChI is InChI=1S/C27H24ClN3O5S2/c1-18-6-3-4-9-25(18)31-38(35,36)26-16-20(11-10-19(26)2)27(32)29-22-12-14-24(15-13-22)37(33,34)30-23-8-5-7-21(28)17-23/h3-17,30-31H,1-2H3,(H,29,32). The van der Waals surface area contributed by atoms with Gasteiger partial charge in [-0.25, -0.2) is 16.8 Å². The van der Waals surface area contributed by atoms with E-state index in [4.69, 9.17) is 11.6 Å². The molecule has 0 aliphatic carbocycles. The van der Waals surface area contributed by atoms with Crippen LogP contribution in [0.2, 0.25) is 5.02 Å². The lowest BCUT2D eigenvalue weighted by atomic mass is 10.1. The Morgan fingerprint density at radius 2 is 1.39 bits per heavy atom. The number of anilines is 3. The highest BCUT2D eigenvalue weighted by Crippen LogP contribution is 2.24. The first-order valence-corrected chi connectivity index (χ1v) is 14.7. The Balaban J connectivity index is 1.50. The van der Waals surface area contributed by atoms with Gasteiger partial charge < -0.3 is 5.32 Å². The van der Waals surface area contributed by atoms with E-state index >= 15 is 0 Å². The monoisotopic (exact) mass is 569 g/mol. The highest BCUT2D eigenvalue weighted by atomic mass is 35.5. The zero-order valence-electron chi connectivity index (χ0n) is 20.4. The van der Waals surface area contributed by atoms with Crippen LogP contribution in [0, 0.1) is 13.8 Å². The number of hydrogen-bond donors (Lipinski definition) is 3. The average Bonchev–Trinajstić information content (AvgIpc) is 2.85. The Labute approximate surface area is 226 Å². The summed E-state index contributed by atoms with van der Waals surface area (Å²) in [5.74, 6) is -0.551. The van der Waals surface area contributed by atoms with Crippen LogP contribution in [-0.2, 0) is 20.0 Å². The predicted octanol–water partition coefficient (Wildman–Crippen LogP) is 5.81. The van der Waals surface area contributed by atoms with Crippen LogP contribution in [0.5, 0.6) is 0 Å². The number of carbonyl (C=O) groups excluding carboxylic acids is 1. The molecular weight excluding hydrogens is 546 g/mol. The number of amides is 1. The molecule has 0 unspecified atom stereocenters. The second kappa shape index (κ2) is 10.9. The van der Waals surface area contributed by atoms with Gasteiger partial charge in [0.2, 0.25) is 0 Å². The maximum Gasteiger partial charge on any atom is 0.262 e. The van der Waals surface area contributed by atoms with Crippen LogP contribution in [0.15, 0.2) is 101 Å². The molecule has 38 heavy (non-hydrogen) atoms. The normalized spacial score (nSPS) is 11.6. The molecule has 4 aromatic rings. The van der Waals surface area contributed by atoms with Gasteiger partial charge in [0, 0.05) is 16.3 Å². The van der Waals surface area contributed by atoms with Crippen LogP contribution >= 0.6 is 11.6 Å². The summed E-state index contributed by atoms with van der Waals surface area (Å²) in [5.41, 5.74) is 2.46. The van der Waals surface area contributed by atoms with Gasteiger partial charge in [-0.1, -0.05) is 41.9 Å². The van der Waals surface area contributed by atoms with E-state index in [0.29, 0.717) is 27.6 Å². The fraction of sp³-hybridized carbons (Fsp3) is 0.0741. The largest absolute Gasteiger partial charge is 0.322 e. The molecule has 11 heteroatoms. The van der Waals surface area contributed by atoms with E-state index in [1.807, 2.05) is 0 Å². The molecule has 1 amide bonds. The van der Waals surface area contributed by atoms with Gasteiger partial charge in [-0.2, -0.15) is 0 Å². The smallest absolute Gasteiger partial charge is 0.262 e. The average molecular weight is 570 g/mol. The third kappa shape index (κ3) is 6.34. The summed E-state index contributed by atoms with van der Waals surface area (Å²) in [4.78, 5) is 12.9. The highest BCUT2D eigenvalue weighted by molar-refractivity contribution is 7.93. The topological polar surface area (TPSA) is 121 Å². The van der Waals surface area contributed by atoms with E-state index in [1.165, 1.54) is 42.5 Å². The fourth-order valence-electron chi connectivity index (χ4n) is 3.60. The third-order valence-electron chi connectivity index (χ3n) is 5.63. The number of para-hydroxylation sites is 1. The molecule has 4 rings (SSSR count). The molecule has 0 aromatic heterocycles. The first kappa shape index (κ1) is 27.2. The zero-order valence-corrected chi connectivity index (χ0v) is 22.8. The first-order chi connectivity index (χ1) is 17.9. The molecule has 4 aromatic carbocycles. The van der Waals surface area contributed by atoms with Crippen molar-refractivity contribution >= 4 is 54.6 Å². The third-order valence-corrected chi connectivity index (χ3v) is 8.77. The SMILES string of the molecule is Cc1ccccc1NS(=O)(=O)c1cc(C(=O)Nc2ccc(S(=O)(=O)Nc3cccc(Cl)c3)cc2)ccc1C. The minimum atomic E-state index is -3.96. The molecule has 0 radical (unpaired) electrons. The predicted molar refractivity (Wildman–Crippen MR) is 150 cm³/mol. The molecule has 0 heterocycles. The summed E-state index contributed by atoms with van der Waals surface area (Å²) in [6.07, 6.45) is 0. The highest BCUT2D eigenvalue weighted by Gasteiger charge is 2.20. The second-order valence-electron chi connectivity index (χ2n) is 8.50. The van der Waals surface area contributed by atoms with E-state index in [9.17, 15) is 21.6 Å². The number of halogens is 1. The van der Waals surface area contributed by atoms with Crippen molar-refractivity contribution in [1.29, 1.82) is 0 Å². The number of rotatable bonds is 8. The Kier molecular flexibility index (Phi) is 7.77. The molecule has 0 fully saturated rings. The number of sulfonamides is 2. The maximum atomic E-state index is 13.1. The van der Waals surface area contributed by atoms with Crippen molar-refractivity contribution in [3.05, 3.63) is 113 Å². The minimum absolute atomic E-state index is 0.0125. The van der Waals surface area contributed by atoms with Crippen LogP contribution in [-0.4, -0.2) is 22.7 Å². The molecular formula is C27H24ClN3O5S2. The molecule has 196 valence electrons. The van der Waals surface area contributed by atoms with Gasteiger partial charge in [0.1, 0.15) is 0 Å². The van der Waals surface area contributed by atoms with Crippen molar-refractivity contribution < 1.29 is 21.6 Å². The van der Waals surface area contributed by atoms with Crippen molar-refractivity contribution in [2.75, 3.05) is 14.8 Å². The second-order valence-corrected chi connectivity index (χ2v) is 12.3. The lowest BCUT2D eigenvalue weighted by Gasteiger charge is -2.14. The van der Waals surface area contributed by atoms with Gasteiger partial charge in [0.05, 0.1) is 21.2 Å². The summed E-state index contributed by atoms with van der Waals surface area (Å²) in [6.45, 7) is 3.43. The fourth-order valence-corrected chi connectivity index (χ4v) is 6.25. The molecule has 0 aliphatic heterocycles. The van der Waals surface area contributed by atoms with Crippen LogP contribution in [0.1, 0.15) is 21.5 Å². The number of aryl methyl sites for hydroxylation is 2. The molecule has 0 saturated carbocycles. The Bertz CT molecular complexity index is 1720. The summed E-state index contributed by atoms with van der Waals surface area (Å²) in [7, 11) is -7.84. The summed E-state index contributed by atoms with van der Waals surface area (Å²) in [6, 6.07) is 23.3. The molecule has 3 N–H and O–H groups in total. The van der Waals surface area contributed by atoms with E-state index in [1.54, 1.807) is 62.4 Å². The number of benzene rings is 4. The quantitative estimate of drug-likeness (QED) is 0.247. The van der Waals surface area contributed by atoms with Gasteiger partial charge >= 0.3 is 0 Å². The van der Waals surface area contributed by atoms with E-state index in [-0.39, 0.29) is 15.4 Å². The molecule has 0 bridgehead atoms. The van der Waals surface area contributed by atoms with Crippen LogP contribution in [0.25, 0.3) is 0 Å². The van der Waals surface area contributed by atoms with Gasteiger partial charge in [-0.15, -0.1) is 0 Å². The van der Waals surface area contributed by atoms with Gasteiger partial charge in [-0.3, -0.25) is 14.2 Å². The molecule has 0 saturated heterocycles. The minimum Gasteiger partial charge on any atom is -0.322 e. The lowest BCUT2D eigenvalue weighted by Crippen LogP contribution is -2.17. The molecule has 0 spiro atoms. The summed E-state index contributed by atoms with van der Waals surface area (Å²) < 4.78 is 56.5.